The van der Waals surface area contributed by atoms with Crippen molar-refractivity contribution in [2.24, 2.45) is 0 Å². The average molecular weight is 1160 g/mol. The summed E-state index contributed by atoms with van der Waals surface area (Å²) in [5.74, 6) is 0. The first-order valence-electron chi connectivity index (χ1n) is 29.7. The molecule has 0 bridgehead atoms. The third kappa shape index (κ3) is 12.9. The maximum absolute atomic E-state index is 2.50. The van der Waals surface area contributed by atoms with E-state index in [1.807, 2.05) is 56.7 Å². The minimum atomic E-state index is -1.06. The van der Waals surface area contributed by atoms with Crippen molar-refractivity contribution in [3.8, 4) is 98.0 Å². The largest absolute Gasteiger partial charge is 0.135 e. The normalized spacial score (nSPS) is 11.6. The highest BCUT2D eigenvalue weighted by atomic mass is 32.1. The fourth-order valence-corrected chi connectivity index (χ4v) is 20.3. The van der Waals surface area contributed by atoms with Crippen LogP contribution in [0.15, 0.2) is 182 Å². The molecule has 11 aromatic rings. The Morgan fingerprint density at radius 1 is 0.237 bits per heavy atom. The molecule has 0 aliphatic heterocycles. The fourth-order valence-electron chi connectivity index (χ4n) is 10.9. The molecular formula is C74H75PS5. The Morgan fingerprint density at radius 2 is 0.463 bits per heavy atom. The molecule has 0 nitrogen and oxygen atoms in total. The molecule has 0 radical (unpaired) electrons. The Kier molecular flexibility index (Phi) is 19.0. The van der Waals surface area contributed by atoms with Gasteiger partial charge in [0.05, 0.1) is 4.62 Å². The van der Waals surface area contributed by atoms with E-state index in [9.17, 15) is 0 Å². The fraction of sp³-hybridized carbons (Fsp3) is 0.270. The third-order valence-electron chi connectivity index (χ3n) is 15.7. The number of aryl methyl sites for hydroxylation is 5. The second-order valence-corrected chi connectivity index (χ2v) is 29.3. The zero-order valence-electron chi connectivity index (χ0n) is 47.4. The van der Waals surface area contributed by atoms with Gasteiger partial charge in [-0.3, -0.25) is 0 Å². The lowest BCUT2D eigenvalue weighted by Crippen LogP contribution is -1.84. The number of rotatable bonds is 25. The molecule has 0 spiro atoms. The summed E-state index contributed by atoms with van der Waals surface area (Å²) in [7, 11) is -1.06. The van der Waals surface area contributed by atoms with Crippen LogP contribution >= 0.6 is 64.2 Å². The van der Waals surface area contributed by atoms with Crippen LogP contribution in [0.4, 0.5) is 0 Å². The predicted octanol–water partition coefficient (Wildman–Crippen LogP) is 25.7. The number of hydrogen-bond acceptors (Lipinski definition) is 5. The highest BCUT2D eigenvalue weighted by Crippen LogP contribution is 2.70. The van der Waals surface area contributed by atoms with Crippen LogP contribution in [0.5, 0.6) is 0 Å². The Balaban J connectivity index is 1.16. The number of thiophene rings is 5. The quantitative estimate of drug-likeness (QED) is 0.0535. The molecule has 0 amide bonds. The molecular weight excluding hydrogens is 1080 g/mol. The maximum Gasteiger partial charge on any atom is 0.0519 e. The molecule has 0 fully saturated rings. The zero-order valence-corrected chi connectivity index (χ0v) is 52.4. The first-order valence-corrected chi connectivity index (χ1v) is 35.1. The van der Waals surface area contributed by atoms with Gasteiger partial charge in [-0.2, -0.15) is 0 Å². The van der Waals surface area contributed by atoms with Gasteiger partial charge in [-0.15, -0.1) is 56.7 Å². The van der Waals surface area contributed by atoms with Gasteiger partial charge in [-0.1, -0.05) is 196 Å². The van der Waals surface area contributed by atoms with E-state index in [-0.39, 0.29) is 0 Å². The second-order valence-electron chi connectivity index (χ2n) is 21.6. The summed E-state index contributed by atoms with van der Waals surface area (Å²) in [6, 6.07) is 71.8. The van der Waals surface area contributed by atoms with E-state index >= 15 is 0 Å². The van der Waals surface area contributed by atoms with Crippen molar-refractivity contribution in [3.63, 3.8) is 0 Å². The molecule has 0 aliphatic rings. The summed E-state index contributed by atoms with van der Waals surface area (Å²) in [6.07, 6.45) is 17.8. The minimum absolute atomic E-state index is 1.06. The van der Waals surface area contributed by atoms with Crippen molar-refractivity contribution in [3.05, 3.63) is 210 Å². The molecule has 6 heterocycles. The number of hydrogen-bond donors (Lipinski definition) is 0. The minimum Gasteiger partial charge on any atom is -0.135 e. The molecule has 0 atom stereocenters. The molecule has 6 heteroatoms. The van der Waals surface area contributed by atoms with E-state index in [4.69, 9.17) is 0 Å². The van der Waals surface area contributed by atoms with Gasteiger partial charge >= 0.3 is 0 Å². The Labute approximate surface area is 499 Å². The van der Waals surface area contributed by atoms with Gasteiger partial charge in [-0.05, 0) is 181 Å². The van der Waals surface area contributed by atoms with Crippen molar-refractivity contribution in [2.45, 2.75) is 131 Å². The van der Waals surface area contributed by atoms with Gasteiger partial charge in [0.2, 0.25) is 0 Å². The summed E-state index contributed by atoms with van der Waals surface area (Å²) >= 11 is 9.93. The van der Waals surface area contributed by atoms with Crippen LogP contribution in [-0.4, -0.2) is 0 Å². The first-order chi connectivity index (χ1) is 39.4. The topological polar surface area (TPSA) is 0 Å². The predicted molar refractivity (Wildman–Crippen MR) is 362 cm³/mol. The first kappa shape index (κ1) is 56.3. The van der Waals surface area contributed by atoms with E-state index in [1.54, 1.807) is 0 Å². The lowest BCUT2D eigenvalue weighted by atomic mass is 10.0. The average Bonchev–Trinajstić information content (AvgIpc) is 4.48. The van der Waals surface area contributed by atoms with Crippen LogP contribution in [-0.2, 0) is 32.1 Å². The Morgan fingerprint density at radius 3 is 0.738 bits per heavy atom. The van der Waals surface area contributed by atoms with E-state index in [0.29, 0.717) is 0 Å². The smallest absolute Gasteiger partial charge is 0.0519 e. The maximum atomic E-state index is 2.50. The zero-order chi connectivity index (χ0) is 54.8. The molecule has 0 unspecified atom stereocenters. The van der Waals surface area contributed by atoms with E-state index < -0.39 is 7.53 Å². The van der Waals surface area contributed by atoms with Crippen LogP contribution < -0.4 is 0 Å². The molecule has 11 rings (SSSR count). The summed E-state index contributed by atoms with van der Waals surface area (Å²) in [5, 5.41) is 2.97. The monoisotopic (exact) mass is 1150 g/mol. The third-order valence-corrected chi connectivity index (χ3v) is 24.7. The molecule has 0 N–H and O–H groups in total. The molecule has 6 aromatic heterocycles. The standard InChI is InChI=1S/C74H75PS5/c1-6-11-16-51-21-31-56(32-22-51)61-41-45-66(76-61)71-72(67-46-42-62(77-67)57-33-23-52(24-34-57)17-12-7-2)74(69-48-44-64(79-69)59-37-27-54(28-38-59)19-14-9-4)75(70-50-49-65(80-70)60-39-29-55(30-40-60)20-15-10-5)73(71)68-47-43-63(78-68)58-35-25-53(26-36-58)18-13-8-3/h21-50H,6-20H2,1-5H3. The SMILES string of the molecule is CCCCc1ccc(-c2ccc(-c3c(-c4ccc(-c5ccc(CCCC)cc5)s4)c(-c4ccc(-c5ccc(CCCC)cc5)s4)p(-c4ccc(-c5ccc(CCCC)cc5)s4)c3-c3ccc(-c4ccc(CCCC)cc4)s3)s2)cc1. The van der Waals surface area contributed by atoms with Gasteiger partial charge in [0, 0.05) is 65.6 Å². The Bertz CT molecular complexity index is 3120. The summed E-state index contributed by atoms with van der Waals surface area (Å²) < 4.78 is 1.45. The summed E-state index contributed by atoms with van der Waals surface area (Å²) in [6.45, 7) is 11.4. The molecule has 5 aromatic carbocycles. The van der Waals surface area contributed by atoms with Gasteiger partial charge in [-0.25, -0.2) is 0 Å². The molecule has 0 saturated carbocycles. The van der Waals surface area contributed by atoms with E-state index in [0.717, 1.165) is 32.1 Å². The van der Waals surface area contributed by atoms with Gasteiger partial charge in [0.1, 0.15) is 0 Å². The van der Waals surface area contributed by atoms with Crippen molar-refractivity contribution < 1.29 is 0 Å². The lowest BCUT2D eigenvalue weighted by molar-refractivity contribution is 0.795. The van der Waals surface area contributed by atoms with Gasteiger partial charge < -0.3 is 0 Å². The molecule has 80 heavy (non-hydrogen) atoms. The van der Waals surface area contributed by atoms with Crippen LogP contribution in [0.25, 0.3) is 98.0 Å². The van der Waals surface area contributed by atoms with E-state index in [1.165, 1.54) is 190 Å². The molecule has 406 valence electrons. The van der Waals surface area contributed by atoms with Crippen LogP contribution in [0.1, 0.15) is 127 Å². The summed E-state index contributed by atoms with van der Waals surface area (Å²) in [5.41, 5.74) is 16.4. The van der Waals surface area contributed by atoms with Crippen molar-refractivity contribution in [2.75, 3.05) is 0 Å². The number of benzene rings is 5. The van der Waals surface area contributed by atoms with Crippen LogP contribution in [0.2, 0.25) is 0 Å². The Hall–Kier alpha value is -5.62. The highest BCUT2D eigenvalue weighted by molar-refractivity contribution is 7.70. The van der Waals surface area contributed by atoms with Gasteiger partial charge in [0.15, 0.2) is 0 Å². The molecule has 0 saturated heterocycles. The van der Waals surface area contributed by atoms with Crippen LogP contribution in [0.3, 0.4) is 0 Å². The second kappa shape index (κ2) is 27.0. The summed E-state index contributed by atoms with van der Waals surface area (Å²) in [4.78, 5) is 12.0. The van der Waals surface area contributed by atoms with Gasteiger partial charge in [0.25, 0.3) is 0 Å². The highest BCUT2D eigenvalue weighted by Gasteiger charge is 2.33. The lowest BCUT2D eigenvalue weighted by Gasteiger charge is -2.08. The van der Waals surface area contributed by atoms with Crippen molar-refractivity contribution in [1.82, 2.24) is 0 Å². The van der Waals surface area contributed by atoms with Crippen molar-refractivity contribution in [1.29, 1.82) is 0 Å². The van der Waals surface area contributed by atoms with E-state index in [2.05, 4.69) is 217 Å². The molecule has 0 aliphatic carbocycles. The van der Waals surface area contributed by atoms with Crippen molar-refractivity contribution >= 4 is 64.2 Å². The van der Waals surface area contributed by atoms with Crippen LogP contribution in [0, 0.1) is 0 Å². The number of unbranched alkanes of at least 4 members (excludes halogenated alkanes) is 5.